The zero-order valence-corrected chi connectivity index (χ0v) is 14.8. The van der Waals surface area contributed by atoms with Crippen LogP contribution in [0.25, 0.3) is 0 Å². The first-order valence-electron chi connectivity index (χ1n) is 8.77. The van der Waals surface area contributed by atoms with Crippen LogP contribution in [0.4, 0.5) is 0 Å². The number of nitriles is 2. The minimum atomic E-state index is 0.0819. The lowest BCUT2D eigenvalue weighted by Crippen LogP contribution is -2.18. The van der Waals surface area contributed by atoms with Gasteiger partial charge >= 0.3 is 0 Å². The van der Waals surface area contributed by atoms with Crippen LogP contribution in [-0.2, 0) is 0 Å². The van der Waals surface area contributed by atoms with Crippen LogP contribution in [0.2, 0.25) is 0 Å². The van der Waals surface area contributed by atoms with E-state index in [9.17, 15) is 10.5 Å². The van der Waals surface area contributed by atoms with Gasteiger partial charge in [0.05, 0.1) is 23.3 Å². The van der Waals surface area contributed by atoms with Crippen molar-refractivity contribution in [3.8, 4) is 12.1 Å². The second-order valence-electron chi connectivity index (χ2n) is 6.92. The molecule has 4 rings (SSSR count). The van der Waals surface area contributed by atoms with E-state index in [-0.39, 0.29) is 5.92 Å². The Hall–Kier alpha value is -3.36. The smallest absolute Gasteiger partial charge is 0.0991 e. The average molecular weight is 334 g/mol. The van der Waals surface area contributed by atoms with Gasteiger partial charge in [-0.2, -0.15) is 10.5 Å². The normalized spacial score (nSPS) is 17.5. The lowest BCUT2D eigenvalue weighted by Gasteiger charge is -2.34. The highest BCUT2D eigenvalue weighted by atomic mass is 14.4. The van der Waals surface area contributed by atoms with E-state index in [2.05, 4.69) is 62.4 Å². The minimum absolute atomic E-state index is 0.0819. The van der Waals surface area contributed by atoms with Crippen molar-refractivity contribution in [3.63, 3.8) is 0 Å². The summed E-state index contributed by atoms with van der Waals surface area (Å²) in [6, 6.07) is 25.0. The van der Waals surface area contributed by atoms with Gasteiger partial charge in [0, 0.05) is 11.8 Å². The molecule has 0 bridgehead atoms. The van der Waals surface area contributed by atoms with Crippen molar-refractivity contribution in [2.24, 2.45) is 0 Å². The van der Waals surface area contributed by atoms with E-state index in [1.807, 2.05) is 24.3 Å². The summed E-state index contributed by atoms with van der Waals surface area (Å²) in [6.07, 6.45) is 0. The molecule has 3 aromatic rings. The molecule has 0 aliphatic heterocycles. The van der Waals surface area contributed by atoms with Crippen molar-refractivity contribution in [1.82, 2.24) is 0 Å². The molecule has 0 spiro atoms. The fourth-order valence-corrected chi connectivity index (χ4v) is 4.20. The van der Waals surface area contributed by atoms with Crippen molar-refractivity contribution in [1.29, 1.82) is 10.5 Å². The molecule has 124 valence electrons. The molecule has 0 saturated heterocycles. The van der Waals surface area contributed by atoms with Crippen LogP contribution in [-0.4, -0.2) is 0 Å². The van der Waals surface area contributed by atoms with Crippen LogP contribution in [0.3, 0.4) is 0 Å². The highest BCUT2D eigenvalue weighted by molar-refractivity contribution is 5.60. The van der Waals surface area contributed by atoms with Crippen molar-refractivity contribution >= 4 is 0 Å². The SMILES string of the molecule is Cc1cc(C#N)ccc1C1c2ccccc2C(C)c2ccc(C#N)cc21. The van der Waals surface area contributed by atoms with Crippen molar-refractivity contribution in [3.05, 3.63) is 105 Å². The molecular formula is C24H18N2. The number of benzene rings is 3. The Morgan fingerprint density at radius 2 is 1.27 bits per heavy atom. The molecule has 0 fully saturated rings. The molecule has 1 aliphatic rings. The summed E-state index contributed by atoms with van der Waals surface area (Å²) in [5.41, 5.74) is 8.75. The first-order valence-corrected chi connectivity index (χ1v) is 8.77. The summed E-state index contributed by atoms with van der Waals surface area (Å²) in [5.74, 6) is 0.377. The third-order valence-electron chi connectivity index (χ3n) is 5.48. The van der Waals surface area contributed by atoms with Crippen molar-refractivity contribution < 1.29 is 0 Å². The van der Waals surface area contributed by atoms with E-state index in [0.29, 0.717) is 17.0 Å². The average Bonchev–Trinajstić information content (AvgIpc) is 2.68. The molecule has 2 unspecified atom stereocenters. The molecule has 26 heavy (non-hydrogen) atoms. The number of aryl methyl sites for hydroxylation is 1. The largest absolute Gasteiger partial charge is 0.192 e. The van der Waals surface area contributed by atoms with Gasteiger partial charge in [0.25, 0.3) is 0 Å². The summed E-state index contributed by atoms with van der Waals surface area (Å²) < 4.78 is 0. The molecule has 1 aliphatic carbocycles. The van der Waals surface area contributed by atoms with Crippen LogP contribution in [0.5, 0.6) is 0 Å². The number of nitrogens with zero attached hydrogens (tertiary/aromatic N) is 2. The maximum atomic E-state index is 9.39. The lowest BCUT2D eigenvalue weighted by atomic mass is 9.69. The highest BCUT2D eigenvalue weighted by Gasteiger charge is 2.31. The molecule has 3 aromatic carbocycles. The standard InChI is InChI=1S/C24H18N2/c1-15-11-17(13-25)7-9-19(15)24-22-6-4-3-5-20(22)16(2)21-10-8-18(14-26)12-23(21)24/h3-12,16,24H,1-2H3. The molecule has 2 heteroatoms. The molecule has 0 radical (unpaired) electrons. The van der Waals surface area contributed by atoms with E-state index in [1.165, 1.54) is 27.8 Å². The van der Waals surface area contributed by atoms with Crippen molar-refractivity contribution in [2.75, 3.05) is 0 Å². The first-order chi connectivity index (χ1) is 12.6. The Balaban J connectivity index is 2.02. The zero-order valence-electron chi connectivity index (χ0n) is 14.8. The van der Waals surface area contributed by atoms with E-state index >= 15 is 0 Å². The van der Waals surface area contributed by atoms with Gasteiger partial charge in [-0.15, -0.1) is 0 Å². The fraction of sp³-hybridized carbons (Fsp3) is 0.167. The molecule has 2 atom stereocenters. The summed E-state index contributed by atoms with van der Waals surface area (Å²) >= 11 is 0. The van der Waals surface area contributed by atoms with Crippen LogP contribution < -0.4 is 0 Å². The summed E-state index contributed by atoms with van der Waals surface area (Å²) in [7, 11) is 0. The Kier molecular flexibility index (Phi) is 3.83. The van der Waals surface area contributed by atoms with E-state index < -0.39 is 0 Å². The van der Waals surface area contributed by atoms with Crippen LogP contribution >= 0.6 is 0 Å². The van der Waals surface area contributed by atoms with E-state index in [1.54, 1.807) is 0 Å². The van der Waals surface area contributed by atoms with Gasteiger partial charge < -0.3 is 0 Å². The molecule has 0 amide bonds. The fourth-order valence-electron chi connectivity index (χ4n) is 4.20. The Morgan fingerprint density at radius 3 is 1.92 bits per heavy atom. The van der Waals surface area contributed by atoms with Crippen LogP contribution in [0.1, 0.15) is 63.3 Å². The monoisotopic (exact) mass is 334 g/mol. The highest BCUT2D eigenvalue weighted by Crippen LogP contribution is 2.46. The third-order valence-corrected chi connectivity index (χ3v) is 5.48. The van der Waals surface area contributed by atoms with Crippen LogP contribution in [0.15, 0.2) is 60.7 Å². The van der Waals surface area contributed by atoms with Gasteiger partial charge in [-0.3, -0.25) is 0 Å². The summed E-state index contributed by atoms with van der Waals surface area (Å²) in [6.45, 7) is 4.29. The molecule has 0 aromatic heterocycles. The molecule has 0 N–H and O–H groups in total. The number of hydrogen-bond donors (Lipinski definition) is 0. The second kappa shape index (κ2) is 6.17. The van der Waals surface area contributed by atoms with Crippen molar-refractivity contribution in [2.45, 2.75) is 25.7 Å². The maximum Gasteiger partial charge on any atom is 0.0991 e. The Morgan fingerprint density at radius 1 is 0.692 bits per heavy atom. The van der Waals surface area contributed by atoms with Crippen LogP contribution in [0, 0.1) is 29.6 Å². The minimum Gasteiger partial charge on any atom is -0.192 e. The number of hydrogen-bond acceptors (Lipinski definition) is 2. The molecular weight excluding hydrogens is 316 g/mol. The topological polar surface area (TPSA) is 47.6 Å². The maximum absolute atomic E-state index is 9.39. The lowest BCUT2D eigenvalue weighted by molar-refractivity contribution is 0.791. The zero-order chi connectivity index (χ0) is 18.3. The second-order valence-corrected chi connectivity index (χ2v) is 6.92. The molecule has 0 heterocycles. The number of rotatable bonds is 1. The predicted molar refractivity (Wildman–Crippen MR) is 102 cm³/mol. The summed E-state index contributed by atoms with van der Waals surface area (Å²) in [4.78, 5) is 0. The first kappa shape index (κ1) is 16.1. The van der Waals surface area contributed by atoms with E-state index in [0.717, 1.165) is 5.56 Å². The van der Waals surface area contributed by atoms with Gasteiger partial charge in [0.1, 0.15) is 0 Å². The molecule has 2 nitrogen and oxygen atoms in total. The van der Waals surface area contributed by atoms with E-state index in [4.69, 9.17) is 0 Å². The van der Waals surface area contributed by atoms with Gasteiger partial charge in [-0.25, -0.2) is 0 Å². The Bertz CT molecular complexity index is 1100. The van der Waals surface area contributed by atoms with Gasteiger partial charge in [-0.1, -0.05) is 43.3 Å². The number of fused-ring (bicyclic) bond motifs is 2. The van der Waals surface area contributed by atoms with Gasteiger partial charge in [0.2, 0.25) is 0 Å². The quantitative estimate of drug-likeness (QED) is 0.599. The third kappa shape index (κ3) is 2.40. The summed E-state index contributed by atoms with van der Waals surface area (Å²) in [5, 5.41) is 18.6. The van der Waals surface area contributed by atoms with Gasteiger partial charge in [0.15, 0.2) is 0 Å². The molecule has 0 saturated carbocycles. The Labute approximate surface area is 154 Å². The predicted octanol–water partition coefficient (Wildman–Crippen LogP) is 5.38. The van der Waals surface area contributed by atoms with Gasteiger partial charge in [-0.05, 0) is 64.6 Å².